The van der Waals surface area contributed by atoms with Crippen molar-refractivity contribution in [3.05, 3.63) is 47.5 Å². The molecule has 0 aliphatic heterocycles. The Hall–Kier alpha value is -2.27. The second kappa shape index (κ2) is 6.95. The first-order valence-corrected chi connectivity index (χ1v) is 7.14. The topological polar surface area (TPSA) is 65.2 Å². The van der Waals surface area contributed by atoms with E-state index < -0.39 is 0 Å². The number of nitrogens with zero attached hydrogens (tertiary/aromatic N) is 2. The molecule has 0 saturated heterocycles. The molecule has 0 atom stereocenters. The van der Waals surface area contributed by atoms with Crippen LogP contribution in [-0.2, 0) is 0 Å². The van der Waals surface area contributed by atoms with Gasteiger partial charge < -0.3 is 10.2 Å². The molecule has 0 spiro atoms. The number of aliphatic imine (C=N–C) groups is 2. The molecule has 2 N–H and O–H groups in total. The van der Waals surface area contributed by atoms with E-state index in [2.05, 4.69) is 9.98 Å². The SMILES string of the molecule is CN=Cc1cc(Sc2ccc(O)c(C=NC)c2)ccc1O. The number of hydrogen-bond donors (Lipinski definition) is 2. The van der Waals surface area contributed by atoms with Crippen LogP contribution in [-0.4, -0.2) is 36.7 Å². The third-order valence-electron chi connectivity index (χ3n) is 2.77. The number of phenols is 2. The Labute approximate surface area is 127 Å². The van der Waals surface area contributed by atoms with Gasteiger partial charge >= 0.3 is 0 Å². The zero-order chi connectivity index (χ0) is 15.2. The van der Waals surface area contributed by atoms with E-state index in [9.17, 15) is 10.2 Å². The Bertz CT molecular complexity index is 637. The average Bonchev–Trinajstić information content (AvgIpc) is 2.47. The first-order chi connectivity index (χ1) is 10.1. The molecule has 2 aromatic rings. The molecule has 0 aliphatic rings. The van der Waals surface area contributed by atoms with Crippen LogP contribution in [0.15, 0.2) is 56.2 Å². The van der Waals surface area contributed by atoms with Crippen LogP contribution < -0.4 is 0 Å². The number of benzene rings is 2. The number of rotatable bonds is 4. The van der Waals surface area contributed by atoms with Crippen LogP contribution in [0.2, 0.25) is 0 Å². The molecule has 21 heavy (non-hydrogen) atoms. The molecule has 0 radical (unpaired) electrons. The molecule has 0 bridgehead atoms. The summed E-state index contributed by atoms with van der Waals surface area (Å²) in [7, 11) is 3.32. The van der Waals surface area contributed by atoms with Crippen molar-refractivity contribution in [3.8, 4) is 11.5 Å². The van der Waals surface area contributed by atoms with Crippen molar-refractivity contribution in [2.45, 2.75) is 9.79 Å². The Morgan fingerprint density at radius 1 is 0.810 bits per heavy atom. The van der Waals surface area contributed by atoms with Crippen LogP contribution >= 0.6 is 11.8 Å². The van der Waals surface area contributed by atoms with Gasteiger partial charge in [-0.1, -0.05) is 11.8 Å². The molecule has 0 aromatic heterocycles. The average molecular weight is 300 g/mol. The van der Waals surface area contributed by atoms with Crippen molar-refractivity contribution in [2.75, 3.05) is 14.1 Å². The van der Waals surface area contributed by atoms with Crippen LogP contribution in [0.25, 0.3) is 0 Å². The third kappa shape index (κ3) is 3.86. The molecule has 0 amide bonds. The number of aromatic hydroxyl groups is 2. The van der Waals surface area contributed by atoms with E-state index in [1.807, 2.05) is 24.3 Å². The number of phenolic OH excluding ortho intramolecular Hbond substituents is 2. The van der Waals surface area contributed by atoms with Gasteiger partial charge in [-0.15, -0.1) is 0 Å². The molecule has 2 rings (SSSR count). The van der Waals surface area contributed by atoms with Crippen molar-refractivity contribution in [2.24, 2.45) is 9.98 Å². The van der Waals surface area contributed by atoms with Crippen LogP contribution in [0.1, 0.15) is 11.1 Å². The normalized spacial score (nSPS) is 11.5. The minimum absolute atomic E-state index is 0.203. The van der Waals surface area contributed by atoms with Gasteiger partial charge in [-0.2, -0.15) is 0 Å². The van der Waals surface area contributed by atoms with E-state index in [0.717, 1.165) is 9.79 Å². The summed E-state index contributed by atoms with van der Waals surface area (Å²) in [4.78, 5) is 9.80. The lowest BCUT2D eigenvalue weighted by Gasteiger charge is -2.06. The van der Waals surface area contributed by atoms with E-state index in [1.54, 1.807) is 38.7 Å². The summed E-state index contributed by atoms with van der Waals surface area (Å²) in [5.74, 6) is 0.406. The van der Waals surface area contributed by atoms with Crippen molar-refractivity contribution < 1.29 is 10.2 Å². The minimum Gasteiger partial charge on any atom is -0.507 e. The number of hydrogen-bond acceptors (Lipinski definition) is 5. The van der Waals surface area contributed by atoms with Crippen LogP contribution in [0, 0.1) is 0 Å². The van der Waals surface area contributed by atoms with Gasteiger partial charge in [0, 0.05) is 47.4 Å². The highest BCUT2D eigenvalue weighted by Gasteiger charge is 2.05. The lowest BCUT2D eigenvalue weighted by Crippen LogP contribution is -1.86. The smallest absolute Gasteiger partial charge is 0.124 e. The molecule has 0 heterocycles. The molecule has 0 aliphatic carbocycles. The van der Waals surface area contributed by atoms with E-state index in [4.69, 9.17) is 0 Å². The van der Waals surface area contributed by atoms with Crippen molar-refractivity contribution in [3.63, 3.8) is 0 Å². The van der Waals surface area contributed by atoms with Gasteiger partial charge in [0.2, 0.25) is 0 Å². The summed E-state index contributed by atoms with van der Waals surface area (Å²) in [6.07, 6.45) is 3.23. The van der Waals surface area contributed by atoms with Gasteiger partial charge in [0.05, 0.1) is 0 Å². The maximum absolute atomic E-state index is 9.73. The van der Waals surface area contributed by atoms with Gasteiger partial charge in [0.25, 0.3) is 0 Å². The third-order valence-corrected chi connectivity index (χ3v) is 3.75. The van der Waals surface area contributed by atoms with Crippen LogP contribution in [0.5, 0.6) is 11.5 Å². The first-order valence-electron chi connectivity index (χ1n) is 6.32. The van der Waals surface area contributed by atoms with Crippen molar-refractivity contribution in [1.82, 2.24) is 0 Å². The molecule has 0 fully saturated rings. The Kier molecular flexibility index (Phi) is 5.00. The molecule has 2 aromatic carbocycles. The standard InChI is InChI=1S/C16H16N2O2S/c1-17-9-11-7-13(3-5-15(11)19)21-14-4-6-16(20)12(8-14)10-18-2/h3-10,19-20H,1-2H3. The largest absolute Gasteiger partial charge is 0.507 e. The predicted octanol–water partition coefficient (Wildman–Crippen LogP) is 3.35. The first kappa shape index (κ1) is 15.1. The fourth-order valence-corrected chi connectivity index (χ4v) is 2.73. The van der Waals surface area contributed by atoms with E-state index in [1.165, 1.54) is 11.8 Å². The molecule has 0 unspecified atom stereocenters. The van der Waals surface area contributed by atoms with Crippen molar-refractivity contribution >= 4 is 24.2 Å². The lowest BCUT2D eigenvalue weighted by molar-refractivity contribution is 0.473. The zero-order valence-electron chi connectivity index (χ0n) is 11.8. The Morgan fingerprint density at radius 3 is 1.62 bits per heavy atom. The van der Waals surface area contributed by atoms with E-state index >= 15 is 0 Å². The predicted molar refractivity (Wildman–Crippen MR) is 87.4 cm³/mol. The highest BCUT2D eigenvalue weighted by molar-refractivity contribution is 7.99. The summed E-state index contributed by atoms with van der Waals surface area (Å²) >= 11 is 1.54. The van der Waals surface area contributed by atoms with E-state index in [0.29, 0.717) is 11.1 Å². The fraction of sp³-hybridized carbons (Fsp3) is 0.125. The minimum atomic E-state index is 0.203. The molecular weight excluding hydrogens is 284 g/mol. The maximum atomic E-state index is 9.73. The summed E-state index contributed by atoms with van der Waals surface area (Å²) < 4.78 is 0. The van der Waals surface area contributed by atoms with Gasteiger partial charge in [-0.05, 0) is 36.4 Å². The Balaban J connectivity index is 2.30. The van der Waals surface area contributed by atoms with Gasteiger partial charge in [0.15, 0.2) is 0 Å². The summed E-state index contributed by atoms with van der Waals surface area (Å²) in [6, 6.07) is 10.7. The second-order valence-corrected chi connectivity index (χ2v) is 5.46. The quantitative estimate of drug-likeness (QED) is 0.851. The van der Waals surface area contributed by atoms with Crippen molar-refractivity contribution in [1.29, 1.82) is 0 Å². The maximum Gasteiger partial charge on any atom is 0.124 e. The highest BCUT2D eigenvalue weighted by Crippen LogP contribution is 2.32. The van der Waals surface area contributed by atoms with Crippen LogP contribution in [0.3, 0.4) is 0 Å². The molecule has 4 nitrogen and oxygen atoms in total. The van der Waals surface area contributed by atoms with Crippen LogP contribution in [0.4, 0.5) is 0 Å². The highest BCUT2D eigenvalue weighted by atomic mass is 32.2. The molecular formula is C16H16N2O2S. The summed E-state index contributed by atoms with van der Waals surface area (Å²) in [5, 5.41) is 19.5. The monoisotopic (exact) mass is 300 g/mol. The molecule has 5 heteroatoms. The lowest BCUT2D eigenvalue weighted by atomic mass is 10.2. The molecule has 0 saturated carbocycles. The van der Waals surface area contributed by atoms with Gasteiger partial charge in [-0.25, -0.2) is 0 Å². The van der Waals surface area contributed by atoms with Gasteiger partial charge in [-0.3, -0.25) is 9.98 Å². The molecule has 108 valence electrons. The fourth-order valence-electron chi connectivity index (χ4n) is 1.81. The zero-order valence-corrected chi connectivity index (χ0v) is 12.6. The summed E-state index contributed by atoms with van der Waals surface area (Å²) in [6.45, 7) is 0. The summed E-state index contributed by atoms with van der Waals surface area (Å²) in [5.41, 5.74) is 1.35. The van der Waals surface area contributed by atoms with E-state index in [-0.39, 0.29) is 11.5 Å². The Morgan fingerprint density at radius 2 is 1.24 bits per heavy atom. The van der Waals surface area contributed by atoms with Gasteiger partial charge in [0.1, 0.15) is 11.5 Å². The second-order valence-electron chi connectivity index (χ2n) is 4.32.